The van der Waals surface area contributed by atoms with Crippen LogP contribution in [-0.4, -0.2) is 7.05 Å². The number of nitrogens with one attached hydrogen (secondary N) is 1. The molecule has 2 nitrogen and oxygen atoms in total. The van der Waals surface area contributed by atoms with Crippen LogP contribution in [0.4, 0.5) is 11.4 Å². The van der Waals surface area contributed by atoms with Crippen molar-refractivity contribution in [3.8, 4) is 6.57 Å². The van der Waals surface area contributed by atoms with Crippen molar-refractivity contribution in [3.05, 3.63) is 28.6 Å². The quantitative estimate of drug-likeness (QED) is 0.645. The van der Waals surface area contributed by atoms with Gasteiger partial charge in [-0.2, -0.15) is 0 Å². The molecule has 0 aliphatic heterocycles. The predicted molar refractivity (Wildman–Crippen MR) is 48.7 cm³/mol. The normalized spacial score (nSPS) is 8.82. The van der Waals surface area contributed by atoms with Crippen LogP contribution in [0, 0.1) is 13.5 Å². The molecule has 0 saturated heterocycles. The molecule has 0 aliphatic rings. The first-order valence-corrected chi connectivity index (χ1v) is 3.47. The molecule has 11 heavy (non-hydrogen) atoms. The number of aryl methyl sites for hydroxylation is 1. The molecule has 0 heterocycles. The molecule has 0 atom stereocenters. The highest BCUT2D eigenvalue weighted by Gasteiger charge is 2.07. The van der Waals surface area contributed by atoms with Crippen molar-refractivity contribution in [2.24, 2.45) is 0 Å². The maximum Gasteiger partial charge on any atom is 0.362 e. The van der Waals surface area contributed by atoms with Gasteiger partial charge in [0.25, 0.3) is 6.57 Å². The Balaban J connectivity index is 3.19. The second-order valence-corrected chi connectivity index (χ2v) is 2.40. The summed E-state index contributed by atoms with van der Waals surface area (Å²) in [5.74, 6) is 0. The van der Waals surface area contributed by atoms with E-state index in [2.05, 4.69) is 10.2 Å². The molecule has 1 rings (SSSR count). The number of rotatable bonds is 1. The van der Waals surface area contributed by atoms with Gasteiger partial charge in [-0.25, -0.2) is 0 Å². The van der Waals surface area contributed by atoms with E-state index in [1.54, 1.807) is 0 Å². The largest absolute Gasteiger partial charge is 0.382 e. The Labute approximate surface area is 66.7 Å². The van der Waals surface area contributed by atoms with Gasteiger partial charge in [0.15, 0.2) is 0 Å². The van der Waals surface area contributed by atoms with Gasteiger partial charge in [-0.3, -0.25) is 0 Å². The lowest BCUT2D eigenvalue weighted by Gasteiger charge is -1.96. The van der Waals surface area contributed by atoms with Gasteiger partial charge < -0.3 is 5.32 Å². The second kappa shape index (κ2) is 3.07. The molecule has 0 fully saturated rings. The average molecular weight is 147 g/mol. The minimum atomic E-state index is 0.799. The molecule has 0 aromatic heterocycles. The lowest BCUT2D eigenvalue weighted by molar-refractivity contribution is 1.45. The molecule has 0 unspecified atom stereocenters. The summed E-state index contributed by atoms with van der Waals surface area (Å²) >= 11 is 0. The van der Waals surface area contributed by atoms with Crippen molar-refractivity contribution in [2.45, 2.75) is 6.92 Å². The van der Waals surface area contributed by atoms with Crippen LogP contribution in [0.1, 0.15) is 5.56 Å². The Bertz CT molecular complexity index is 297. The molecule has 0 saturated carbocycles. The second-order valence-electron chi connectivity index (χ2n) is 2.40. The van der Waals surface area contributed by atoms with Gasteiger partial charge in [-0.05, 0) is 23.4 Å². The number of anilines is 1. The van der Waals surface area contributed by atoms with Crippen LogP contribution in [0.15, 0.2) is 18.2 Å². The molecule has 56 valence electrons. The Morgan fingerprint density at radius 3 is 2.73 bits per heavy atom. The van der Waals surface area contributed by atoms with Crippen LogP contribution in [0.3, 0.4) is 0 Å². The summed E-state index contributed by atoms with van der Waals surface area (Å²) in [5, 5.41) is 3.00. The number of hydrogen-bond donors (Lipinski definition) is 1. The number of hydrogen-bond acceptors (Lipinski definition) is 1. The average Bonchev–Trinajstić information content (AvgIpc) is 2.04. The van der Waals surface area contributed by atoms with Gasteiger partial charge in [-0.15, -0.1) is 0 Å². The summed E-state index contributed by atoms with van der Waals surface area (Å²) in [6.45, 7) is 7.19. The Hall–Kier alpha value is -1.49. The lowest BCUT2D eigenvalue weighted by Crippen LogP contribution is -1.87. The minimum Gasteiger partial charge on any atom is -0.382 e. The van der Waals surface area contributed by atoms with Gasteiger partial charge >= 0.3 is 5.69 Å². The van der Waals surface area contributed by atoms with Crippen molar-refractivity contribution in [1.82, 2.24) is 0 Å². The van der Waals surface area contributed by atoms with E-state index in [-0.39, 0.29) is 0 Å². The molecular weight excluding hydrogens is 136 g/mol. The molecule has 1 aromatic carbocycles. The third-order valence-electron chi connectivity index (χ3n) is 1.56. The van der Waals surface area contributed by atoms with Crippen LogP contribution >= 0.6 is 0 Å². The standard InChI is InChI=1S/C9H11N2/c1-7-4-5-8(10-2)9(6-7)11-3/h3-6,10H,1-2H3/q+1. The van der Waals surface area contributed by atoms with Crippen molar-refractivity contribution in [1.29, 1.82) is 0 Å². The van der Waals surface area contributed by atoms with Gasteiger partial charge in [-0.1, -0.05) is 6.07 Å². The van der Waals surface area contributed by atoms with Crippen molar-refractivity contribution < 1.29 is 0 Å². The van der Waals surface area contributed by atoms with E-state index in [1.807, 2.05) is 32.2 Å². The summed E-state index contributed by atoms with van der Waals surface area (Å²) in [6, 6.07) is 5.91. The first kappa shape index (κ1) is 7.62. The van der Waals surface area contributed by atoms with Gasteiger partial charge in [0.1, 0.15) is 5.69 Å². The minimum absolute atomic E-state index is 0.799. The molecular formula is C9H11N2+. The Morgan fingerprint density at radius 2 is 2.18 bits per heavy atom. The monoisotopic (exact) mass is 147 g/mol. The predicted octanol–water partition coefficient (Wildman–Crippen LogP) is 2.63. The molecule has 1 aromatic rings. The Morgan fingerprint density at radius 1 is 1.45 bits per heavy atom. The smallest absolute Gasteiger partial charge is 0.362 e. The fraction of sp³-hybridized carbons (Fsp3) is 0.222. The zero-order chi connectivity index (χ0) is 8.27. The summed E-state index contributed by atoms with van der Waals surface area (Å²) in [4.78, 5) is 3.64. The van der Waals surface area contributed by atoms with E-state index >= 15 is 0 Å². The van der Waals surface area contributed by atoms with E-state index in [4.69, 9.17) is 6.57 Å². The summed E-state index contributed by atoms with van der Waals surface area (Å²) in [5.41, 5.74) is 2.92. The van der Waals surface area contributed by atoms with E-state index in [1.165, 1.54) is 0 Å². The first-order chi connectivity index (χ1) is 5.27. The molecule has 2 heteroatoms. The van der Waals surface area contributed by atoms with Crippen LogP contribution < -0.4 is 5.32 Å². The van der Waals surface area contributed by atoms with Gasteiger partial charge in [0.05, 0.1) is 0 Å². The molecule has 0 amide bonds. The van der Waals surface area contributed by atoms with Crippen molar-refractivity contribution >= 4 is 11.4 Å². The summed E-state index contributed by atoms with van der Waals surface area (Å²) in [6.07, 6.45) is 0. The SMILES string of the molecule is C#[N+]c1cc(C)ccc1NC. The fourth-order valence-electron chi connectivity index (χ4n) is 0.960. The zero-order valence-electron chi connectivity index (χ0n) is 6.76. The molecule has 0 aliphatic carbocycles. The van der Waals surface area contributed by atoms with E-state index in [0.717, 1.165) is 16.9 Å². The molecule has 0 radical (unpaired) electrons. The van der Waals surface area contributed by atoms with E-state index in [9.17, 15) is 0 Å². The lowest BCUT2D eigenvalue weighted by atomic mass is 10.2. The fourth-order valence-corrected chi connectivity index (χ4v) is 0.960. The highest BCUT2D eigenvalue weighted by molar-refractivity contribution is 5.70. The van der Waals surface area contributed by atoms with Crippen LogP contribution in [0.5, 0.6) is 0 Å². The topological polar surface area (TPSA) is 16.4 Å². The van der Waals surface area contributed by atoms with Crippen LogP contribution in [0.25, 0.3) is 4.85 Å². The third-order valence-corrected chi connectivity index (χ3v) is 1.56. The maximum atomic E-state index is 5.18. The first-order valence-electron chi connectivity index (χ1n) is 3.47. The number of nitrogens with zero attached hydrogens (tertiary/aromatic N) is 1. The summed E-state index contributed by atoms with van der Waals surface area (Å²) in [7, 11) is 1.85. The van der Waals surface area contributed by atoms with Gasteiger partial charge in [0, 0.05) is 13.1 Å². The highest BCUT2D eigenvalue weighted by atomic mass is 14.9. The molecule has 0 spiro atoms. The zero-order valence-corrected chi connectivity index (χ0v) is 6.76. The third kappa shape index (κ3) is 1.50. The van der Waals surface area contributed by atoms with Crippen LogP contribution in [0.2, 0.25) is 0 Å². The molecule has 1 N–H and O–H groups in total. The van der Waals surface area contributed by atoms with Gasteiger partial charge in [0.2, 0.25) is 0 Å². The maximum absolute atomic E-state index is 5.18. The van der Waals surface area contributed by atoms with E-state index in [0.29, 0.717) is 0 Å². The van der Waals surface area contributed by atoms with Crippen molar-refractivity contribution in [2.75, 3.05) is 12.4 Å². The number of benzene rings is 1. The van der Waals surface area contributed by atoms with Crippen molar-refractivity contribution in [3.63, 3.8) is 0 Å². The summed E-state index contributed by atoms with van der Waals surface area (Å²) < 4.78 is 0. The Kier molecular flexibility index (Phi) is 2.12. The highest BCUT2D eigenvalue weighted by Crippen LogP contribution is 2.24. The van der Waals surface area contributed by atoms with Crippen LogP contribution in [-0.2, 0) is 0 Å². The molecule has 0 bridgehead atoms. The van der Waals surface area contributed by atoms with E-state index < -0.39 is 0 Å².